The van der Waals surface area contributed by atoms with E-state index in [1.165, 1.54) is 0 Å². The Morgan fingerprint density at radius 1 is 1.21 bits per heavy atom. The van der Waals surface area contributed by atoms with Crippen molar-refractivity contribution < 1.29 is 27.4 Å². The summed E-state index contributed by atoms with van der Waals surface area (Å²) in [6.45, 7) is -1.56. The molecule has 1 aromatic rings. The largest absolute Gasteiger partial charge is 0.491 e. The molecule has 3 nitrogen and oxygen atoms in total. The van der Waals surface area contributed by atoms with Gasteiger partial charge in [0, 0.05) is 6.54 Å². The lowest BCUT2D eigenvalue weighted by Gasteiger charge is -2.18. The van der Waals surface area contributed by atoms with Crippen LogP contribution in [0.25, 0.3) is 0 Å². The molecule has 19 heavy (non-hydrogen) atoms. The van der Waals surface area contributed by atoms with Crippen LogP contribution in [-0.4, -0.2) is 43.3 Å². The molecule has 1 atom stereocenters. The van der Waals surface area contributed by atoms with Crippen LogP contribution in [0.15, 0.2) is 30.3 Å². The Hall–Kier alpha value is -1.34. The first-order chi connectivity index (χ1) is 8.92. The van der Waals surface area contributed by atoms with Gasteiger partial charge in [-0.25, -0.2) is 8.78 Å². The van der Waals surface area contributed by atoms with Gasteiger partial charge in [0.05, 0.1) is 6.54 Å². The maximum absolute atomic E-state index is 12.5. The van der Waals surface area contributed by atoms with Crippen molar-refractivity contribution in [2.75, 3.05) is 19.7 Å². The molecular weight excluding hydrogens is 266 g/mol. The quantitative estimate of drug-likeness (QED) is 0.715. The summed E-state index contributed by atoms with van der Waals surface area (Å²) < 4.78 is 53.9. The Kier molecular flexibility index (Phi) is 6.04. The molecule has 0 saturated heterocycles. The van der Waals surface area contributed by atoms with Gasteiger partial charge in [0.15, 0.2) is 0 Å². The molecule has 1 aromatic carbocycles. The number of hydrogen-bond acceptors (Lipinski definition) is 3. The van der Waals surface area contributed by atoms with Gasteiger partial charge in [-0.2, -0.15) is 8.78 Å². The first-order valence-corrected chi connectivity index (χ1v) is 5.64. The Bertz CT molecular complexity index is 362. The fourth-order valence-corrected chi connectivity index (χ4v) is 1.25. The van der Waals surface area contributed by atoms with E-state index in [1.807, 2.05) is 0 Å². The van der Waals surface area contributed by atoms with E-state index in [9.17, 15) is 22.7 Å². The third kappa shape index (κ3) is 5.89. The van der Waals surface area contributed by atoms with Gasteiger partial charge in [0.25, 0.3) is 0 Å². The van der Waals surface area contributed by atoms with Crippen LogP contribution in [-0.2, 0) is 0 Å². The second kappa shape index (κ2) is 7.30. The van der Waals surface area contributed by atoms with Gasteiger partial charge in [0.2, 0.25) is 0 Å². The highest BCUT2D eigenvalue weighted by Gasteiger charge is 2.40. The summed E-state index contributed by atoms with van der Waals surface area (Å²) in [7, 11) is 0. The molecule has 1 unspecified atom stereocenters. The molecule has 0 heterocycles. The topological polar surface area (TPSA) is 41.5 Å². The molecule has 0 bridgehead atoms. The van der Waals surface area contributed by atoms with Gasteiger partial charge in [-0.15, -0.1) is 0 Å². The summed E-state index contributed by atoms with van der Waals surface area (Å²) >= 11 is 0. The molecule has 7 heteroatoms. The van der Waals surface area contributed by atoms with Crippen molar-refractivity contribution in [1.82, 2.24) is 5.32 Å². The lowest BCUT2D eigenvalue weighted by molar-refractivity contribution is -0.125. The number of aliphatic hydroxyl groups is 1. The number of nitrogens with one attached hydrogen (secondary N) is 1. The van der Waals surface area contributed by atoms with Gasteiger partial charge < -0.3 is 15.2 Å². The van der Waals surface area contributed by atoms with E-state index in [0.29, 0.717) is 5.75 Å². The summed E-state index contributed by atoms with van der Waals surface area (Å²) in [6.07, 6.45) is -4.79. The van der Waals surface area contributed by atoms with Crippen LogP contribution in [0.2, 0.25) is 0 Å². The number of benzene rings is 1. The van der Waals surface area contributed by atoms with Crippen molar-refractivity contribution in [3.8, 4) is 5.75 Å². The van der Waals surface area contributed by atoms with E-state index >= 15 is 0 Å². The SMILES string of the molecule is OC(CNCC(F)(F)C(F)F)COc1ccccc1. The average molecular weight is 281 g/mol. The predicted octanol–water partition coefficient (Wildman–Crippen LogP) is 1.92. The summed E-state index contributed by atoms with van der Waals surface area (Å²) in [6, 6.07) is 8.61. The minimum Gasteiger partial charge on any atom is -0.491 e. The molecular formula is C12H15F4NO2. The molecule has 0 spiro atoms. The van der Waals surface area contributed by atoms with Crippen LogP contribution >= 0.6 is 0 Å². The smallest absolute Gasteiger partial charge is 0.319 e. The van der Waals surface area contributed by atoms with Crippen LogP contribution in [0.3, 0.4) is 0 Å². The number of hydrogen-bond donors (Lipinski definition) is 2. The lowest BCUT2D eigenvalue weighted by atomic mass is 10.3. The molecule has 108 valence electrons. The Morgan fingerprint density at radius 3 is 2.42 bits per heavy atom. The van der Waals surface area contributed by atoms with Crippen LogP contribution in [0.4, 0.5) is 17.6 Å². The zero-order valence-corrected chi connectivity index (χ0v) is 10.0. The van der Waals surface area contributed by atoms with Gasteiger partial charge in [0.1, 0.15) is 18.5 Å². The summed E-state index contributed by atoms with van der Waals surface area (Å²) in [5.41, 5.74) is 0. The number of para-hydroxylation sites is 1. The molecule has 0 aliphatic carbocycles. The first-order valence-electron chi connectivity index (χ1n) is 5.64. The monoisotopic (exact) mass is 281 g/mol. The summed E-state index contributed by atoms with van der Waals surface area (Å²) in [5.74, 6) is -3.57. The minimum absolute atomic E-state index is 0.114. The number of aliphatic hydroxyl groups excluding tert-OH is 1. The zero-order chi connectivity index (χ0) is 14.3. The first kappa shape index (κ1) is 15.7. The summed E-state index contributed by atoms with van der Waals surface area (Å²) in [4.78, 5) is 0. The third-order valence-corrected chi connectivity index (χ3v) is 2.25. The maximum Gasteiger partial charge on any atom is 0.319 e. The van der Waals surface area contributed by atoms with Crippen molar-refractivity contribution in [3.05, 3.63) is 30.3 Å². The fraction of sp³-hybridized carbons (Fsp3) is 0.500. The van der Waals surface area contributed by atoms with E-state index in [4.69, 9.17) is 4.74 Å². The van der Waals surface area contributed by atoms with Crippen LogP contribution < -0.4 is 10.1 Å². The molecule has 0 radical (unpaired) electrons. The number of alkyl halides is 4. The lowest BCUT2D eigenvalue weighted by Crippen LogP contribution is -2.42. The highest BCUT2D eigenvalue weighted by molar-refractivity contribution is 5.20. The van der Waals surface area contributed by atoms with Crippen LogP contribution in [0.1, 0.15) is 0 Å². The molecule has 0 amide bonds. The van der Waals surface area contributed by atoms with Gasteiger partial charge >= 0.3 is 12.3 Å². The Labute approximate surface area is 108 Å². The predicted molar refractivity (Wildman–Crippen MR) is 61.8 cm³/mol. The van der Waals surface area contributed by atoms with Crippen molar-refractivity contribution in [2.24, 2.45) is 0 Å². The third-order valence-electron chi connectivity index (χ3n) is 2.25. The maximum atomic E-state index is 12.5. The summed E-state index contributed by atoms with van der Waals surface area (Å²) in [5, 5.41) is 11.5. The van der Waals surface area contributed by atoms with E-state index in [0.717, 1.165) is 0 Å². The van der Waals surface area contributed by atoms with Crippen molar-refractivity contribution in [2.45, 2.75) is 18.5 Å². The zero-order valence-electron chi connectivity index (χ0n) is 10.0. The molecule has 0 aromatic heterocycles. The van der Waals surface area contributed by atoms with Crippen molar-refractivity contribution >= 4 is 0 Å². The van der Waals surface area contributed by atoms with Gasteiger partial charge in [-0.3, -0.25) is 0 Å². The van der Waals surface area contributed by atoms with E-state index in [-0.39, 0.29) is 13.2 Å². The van der Waals surface area contributed by atoms with Crippen LogP contribution in [0.5, 0.6) is 5.75 Å². The number of ether oxygens (including phenoxy) is 1. The molecule has 2 N–H and O–H groups in total. The van der Waals surface area contributed by atoms with Crippen molar-refractivity contribution in [3.63, 3.8) is 0 Å². The number of rotatable bonds is 8. The van der Waals surface area contributed by atoms with E-state index in [2.05, 4.69) is 5.32 Å². The van der Waals surface area contributed by atoms with E-state index < -0.39 is 25.0 Å². The highest BCUT2D eigenvalue weighted by atomic mass is 19.3. The molecule has 1 rings (SSSR count). The average Bonchev–Trinajstić information content (AvgIpc) is 2.37. The second-order valence-electron chi connectivity index (χ2n) is 3.97. The minimum atomic E-state index is -4.10. The second-order valence-corrected chi connectivity index (χ2v) is 3.97. The van der Waals surface area contributed by atoms with Gasteiger partial charge in [-0.05, 0) is 12.1 Å². The Balaban J connectivity index is 2.20. The molecule has 0 aliphatic rings. The molecule has 0 fully saturated rings. The van der Waals surface area contributed by atoms with Crippen molar-refractivity contribution in [1.29, 1.82) is 0 Å². The molecule has 0 saturated carbocycles. The Morgan fingerprint density at radius 2 is 1.84 bits per heavy atom. The van der Waals surface area contributed by atoms with Crippen LogP contribution in [0, 0.1) is 0 Å². The molecule has 0 aliphatic heterocycles. The highest BCUT2D eigenvalue weighted by Crippen LogP contribution is 2.21. The van der Waals surface area contributed by atoms with Gasteiger partial charge in [-0.1, -0.05) is 18.2 Å². The normalized spacial score (nSPS) is 13.6. The number of halogens is 4. The standard InChI is InChI=1S/C12H15F4NO2/c13-11(14)12(15,16)8-17-6-9(18)7-19-10-4-2-1-3-5-10/h1-5,9,11,17-18H,6-8H2. The fourth-order valence-electron chi connectivity index (χ4n) is 1.25. The van der Waals surface area contributed by atoms with E-state index in [1.54, 1.807) is 30.3 Å².